The van der Waals surface area contributed by atoms with Gasteiger partial charge in [-0.3, -0.25) is 10.1 Å². The summed E-state index contributed by atoms with van der Waals surface area (Å²) in [5.41, 5.74) is 4.70. The molecule has 2 aromatic rings. The maximum Gasteiger partial charge on any atom is 0.416 e. The Hall–Kier alpha value is -2.48. The number of nitrogens with two attached hydrogens (primary N) is 1. The number of nitrogen functional groups attached to an aromatic ring is 1. The van der Waals surface area contributed by atoms with Crippen molar-refractivity contribution >= 4 is 23.0 Å². The molecule has 23 heavy (non-hydrogen) atoms. The minimum absolute atomic E-state index is 0.0131. The van der Waals surface area contributed by atoms with Crippen LogP contribution in [-0.2, 0) is 6.18 Å². The van der Waals surface area contributed by atoms with E-state index in [0.717, 1.165) is 24.3 Å². The van der Waals surface area contributed by atoms with Gasteiger partial charge >= 0.3 is 6.18 Å². The zero-order chi connectivity index (χ0) is 17.4. The first-order chi connectivity index (χ1) is 10.6. The number of ether oxygens (including phenoxy) is 1. The lowest BCUT2D eigenvalue weighted by Gasteiger charge is -2.12. The zero-order valence-corrected chi connectivity index (χ0v) is 12.4. The summed E-state index contributed by atoms with van der Waals surface area (Å²) in [5.74, 6) is -0.0109. The number of anilines is 1. The molecular formula is C14H10ClF3N2O3. The molecule has 2 rings (SSSR count). The van der Waals surface area contributed by atoms with E-state index >= 15 is 0 Å². The average molecular weight is 347 g/mol. The smallest absolute Gasteiger partial charge is 0.416 e. The molecule has 0 saturated heterocycles. The number of hydrogen-bond acceptors (Lipinski definition) is 4. The second-order valence-corrected chi connectivity index (χ2v) is 5.08. The van der Waals surface area contributed by atoms with Gasteiger partial charge in [0, 0.05) is 0 Å². The van der Waals surface area contributed by atoms with Crippen LogP contribution in [-0.4, -0.2) is 4.92 Å². The predicted octanol–water partition coefficient (Wildman–Crippen LogP) is 4.95. The number of nitro benzene ring substituents is 1. The van der Waals surface area contributed by atoms with E-state index in [-0.39, 0.29) is 27.9 Å². The molecule has 0 aliphatic rings. The molecule has 0 fully saturated rings. The van der Waals surface area contributed by atoms with Gasteiger partial charge in [-0.2, -0.15) is 13.2 Å². The number of hydrogen-bond donors (Lipinski definition) is 1. The van der Waals surface area contributed by atoms with Crippen LogP contribution in [0.3, 0.4) is 0 Å². The summed E-state index contributed by atoms with van der Waals surface area (Å²) in [4.78, 5) is 10.2. The Balaban J connectivity index is 2.38. The second-order valence-electron chi connectivity index (χ2n) is 4.68. The highest BCUT2D eigenvalue weighted by Gasteiger charge is 2.31. The van der Waals surface area contributed by atoms with E-state index < -0.39 is 16.7 Å². The SMILES string of the molecule is Cc1cc(Oc2ccc(C(F)(F)F)cc2Cl)cc([N+](=O)[O-])c1N. The van der Waals surface area contributed by atoms with Gasteiger partial charge in [-0.1, -0.05) is 11.6 Å². The van der Waals surface area contributed by atoms with Crippen LogP contribution in [0, 0.1) is 17.0 Å². The minimum Gasteiger partial charge on any atom is -0.456 e. The lowest BCUT2D eigenvalue weighted by molar-refractivity contribution is -0.384. The largest absolute Gasteiger partial charge is 0.456 e. The average Bonchev–Trinajstić information content (AvgIpc) is 2.43. The van der Waals surface area contributed by atoms with E-state index in [4.69, 9.17) is 22.1 Å². The van der Waals surface area contributed by atoms with Gasteiger partial charge in [0.15, 0.2) is 0 Å². The van der Waals surface area contributed by atoms with Gasteiger partial charge in [-0.05, 0) is 36.8 Å². The lowest BCUT2D eigenvalue weighted by atomic mass is 10.1. The third kappa shape index (κ3) is 3.65. The van der Waals surface area contributed by atoms with E-state index in [2.05, 4.69) is 0 Å². The van der Waals surface area contributed by atoms with Gasteiger partial charge in [0.25, 0.3) is 5.69 Å². The van der Waals surface area contributed by atoms with Gasteiger partial charge in [0.1, 0.15) is 17.2 Å². The maximum atomic E-state index is 12.6. The Morgan fingerprint density at radius 2 is 1.91 bits per heavy atom. The van der Waals surface area contributed by atoms with Gasteiger partial charge in [0.05, 0.1) is 21.6 Å². The number of halogens is 4. The topological polar surface area (TPSA) is 78.4 Å². The van der Waals surface area contributed by atoms with Crippen LogP contribution in [0.2, 0.25) is 5.02 Å². The first-order valence-corrected chi connectivity index (χ1v) is 6.56. The molecule has 0 saturated carbocycles. The van der Waals surface area contributed by atoms with Crippen LogP contribution in [0.5, 0.6) is 11.5 Å². The van der Waals surface area contributed by atoms with Crippen molar-refractivity contribution in [3.05, 3.63) is 56.6 Å². The number of alkyl halides is 3. The van der Waals surface area contributed by atoms with Crippen LogP contribution in [0.25, 0.3) is 0 Å². The quantitative estimate of drug-likeness (QED) is 0.484. The Labute approximate surface area is 133 Å². The highest BCUT2D eigenvalue weighted by Crippen LogP contribution is 2.38. The van der Waals surface area contributed by atoms with Gasteiger partial charge in [-0.15, -0.1) is 0 Å². The van der Waals surface area contributed by atoms with Crippen LogP contribution in [0.1, 0.15) is 11.1 Å². The van der Waals surface area contributed by atoms with Crippen molar-refractivity contribution in [1.82, 2.24) is 0 Å². The van der Waals surface area contributed by atoms with Crippen molar-refractivity contribution in [2.75, 3.05) is 5.73 Å². The normalized spacial score (nSPS) is 11.3. The number of nitrogens with zero attached hydrogens (tertiary/aromatic N) is 1. The number of benzene rings is 2. The Morgan fingerprint density at radius 1 is 1.26 bits per heavy atom. The van der Waals surface area contributed by atoms with Crippen molar-refractivity contribution in [1.29, 1.82) is 0 Å². The maximum absolute atomic E-state index is 12.6. The Bertz CT molecular complexity index is 779. The standard InChI is InChI=1S/C14H10ClF3N2O3/c1-7-4-9(6-11(13(7)19)20(21)22)23-12-3-2-8(5-10(12)15)14(16,17)18/h2-6H,19H2,1H3. The van der Waals surface area contributed by atoms with Crippen LogP contribution in [0.4, 0.5) is 24.5 Å². The summed E-state index contributed by atoms with van der Waals surface area (Å²) < 4.78 is 43.1. The molecule has 0 amide bonds. The van der Waals surface area contributed by atoms with E-state index in [1.165, 1.54) is 6.07 Å². The number of nitro groups is 1. The van der Waals surface area contributed by atoms with E-state index in [1.807, 2.05) is 0 Å². The lowest BCUT2D eigenvalue weighted by Crippen LogP contribution is -2.04. The van der Waals surface area contributed by atoms with Crippen molar-refractivity contribution in [3.63, 3.8) is 0 Å². The van der Waals surface area contributed by atoms with Crippen LogP contribution in [0.15, 0.2) is 30.3 Å². The summed E-state index contributed by atoms with van der Waals surface area (Å²) in [6.07, 6.45) is -4.53. The summed E-state index contributed by atoms with van der Waals surface area (Å²) in [5, 5.41) is 10.7. The molecule has 122 valence electrons. The molecule has 0 aliphatic carbocycles. The first-order valence-electron chi connectivity index (χ1n) is 6.18. The highest BCUT2D eigenvalue weighted by atomic mass is 35.5. The van der Waals surface area contributed by atoms with Crippen molar-refractivity contribution in [2.45, 2.75) is 13.1 Å². The molecule has 2 aromatic carbocycles. The van der Waals surface area contributed by atoms with Crippen molar-refractivity contribution in [3.8, 4) is 11.5 Å². The minimum atomic E-state index is -4.53. The molecular weight excluding hydrogens is 337 g/mol. The number of rotatable bonds is 3. The van der Waals surface area contributed by atoms with Gasteiger partial charge < -0.3 is 10.5 Å². The highest BCUT2D eigenvalue weighted by molar-refractivity contribution is 6.32. The fraction of sp³-hybridized carbons (Fsp3) is 0.143. The van der Waals surface area contributed by atoms with E-state index in [0.29, 0.717) is 5.56 Å². The Morgan fingerprint density at radius 3 is 2.43 bits per heavy atom. The number of aryl methyl sites for hydroxylation is 1. The third-order valence-corrected chi connectivity index (χ3v) is 3.32. The van der Waals surface area contributed by atoms with E-state index in [9.17, 15) is 23.3 Å². The molecule has 0 aromatic heterocycles. The fourth-order valence-corrected chi connectivity index (χ4v) is 2.06. The summed E-state index contributed by atoms with van der Waals surface area (Å²) >= 11 is 5.78. The molecule has 0 spiro atoms. The molecule has 0 unspecified atom stereocenters. The summed E-state index contributed by atoms with van der Waals surface area (Å²) in [6, 6.07) is 5.07. The fourth-order valence-electron chi connectivity index (χ4n) is 1.84. The summed E-state index contributed by atoms with van der Waals surface area (Å²) in [6.45, 7) is 1.55. The summed E-state index contributed by atoms with van der Waals surface area (Å²) in [7, 11) is 0. The molecule has 0 radical (unpaired) electrons. The van der Waals surface area contributed by atoms with Crippen LogP contribution >= 0.6 is 11.6 Å². The van der Waals surface area contributed by atoms with Crippen molar-refractivity contribution < 1.29 is 22.8 Å². The van der Waals surface area contributed by atoms with Gasteiger partial charge in [0.2, 0.25) is 0 Å². The second kappa shape index (κ2) is 5.96. The molecule has 0 heterocycles. The molecule has 0 aliphatic heterocycles. The Kier molecular flexibility index (Phi) is 4.37. The van der Waals surface area contributed by atoms with Gasteiger partial charge in [-0.25, -0.2) is 0 Å². The molecule has 0 atom stereocenters. The predicted molar refractivity (Wildman–Crippen MR) is 78.8 cm³/mol. The molecule has 2 N–H and O–H groups in total. The molecule has 5 nitrogen and oxygen atoms in total. The third-order valence-electron chi connectivity index (χ3n) is 3.02. The molecule has 0 bridgehead atoms. The van der Waals surface area contributed by atoms with E-state index in [1.54, 1.807) is 6.92 Å². The molecule has 9 heteroatoms. The van der Waals surface area contributed by atoms with Crippen LogP contribution < -0.4 is 10.5 Å². The first kappa shape index (κ1) is 16.9. The van der Waals surface area contributed by atoms with Crippen molar-refractivity contribution in [2.24, 2.45) is 0 Å². The monoisotopic (exact) mass is 346 g/mol. The zero-order valence-electron chi connectivity index (χ0n) is 11.6.